The lowest BCUT2D eigenvalue weighted by Crippen LogP contribution is -2.38. The summed E-state index contributed by atoms with van der Waals surface area (Å²) in [5.74, 6) is 2.56. The van der Waals surface area contributed by atoms with Crippen molar-refractivity contribution in [1.82, 2.24) is 10.6 Å². The highest BCUT2D eigenvalue weighted by molar-refractivity contribution is 5.79. The topological polar surface area (TPSA) is 68.0 Å². The number of guanidine groups is 1. The molecule has 0 amide bonds. The van der Waals surface area contributed by atoms with Crippen LogP contribution in [-0.2, 0) is 17.9 Å². The molecule has 0 spiro atoms. The summed E-state index contributed by atoms with van der Waals surface area (Å²) in [7, 11) is 1.69. The number of furan rings is 1. The van der Waals surface area contributed by atoms with Gasteiger partial charge in [0.15, 0.2) is 5.96 Å². The monoisotopic (exact) mass is 359 g/mol. The van der Waals surface area contributed by atoms with Gasteiger partial charge in [-0.05, 0) is 49.6 Å². The summed E-state index contributed by atoms with van der Waals surface area (Å²) < 4.78 is 16.1. The van der Waals surface area contributed by atoms with Crippen LogP contribution in [0.25, 0.3) is 0 Å². The van der Waals surface area contributed by atoms with Gasteiger partial charge in [0.25, 0.3) is 0 Å². The summed E-state index contributed by atoms with van der Waals surface area (Å²) in [6.07, 6.45) is 2.55. The van der Waals surface area contributed by atoms with Gasteiger partial charge >= 0.3 is 0 Å². The zero-order valence-corrected chi connectivity index (χ0v) is 15.9. The molecule has 1 aromatic carbocycles. The lowest BCUT2D eigenvalue weighted by molar-refractivity contribution is 0.105. The number of benzene rings is 1. The third kappa shape index (κ3) is 6.80. The van der Waals surface area contributed by atoms with Gasteiger partial charge in [0, 0.05) is 19.7 Å². The maximum absolute atomic E-state index is 5.58. The Kier molecular flexibility index (Phi) is 8.55. The number of hydrogen-bond acceptors (Lipinski definition) is 4. The minimum Gasteiger partial charge on any atom is -0.496 e. The van der Waals surface area contributed by atoms with E-state index in [0.717, 1.165) is 48.1 Å². The van der Waals surface area contributed by atoms with Gasteiger partial charge in [-0.25, -0.2) is 4.99 Å². The molecule has 2 N–H and O–H groups in total. The van der Waals surface area contributed by atoms with Crippen LogP contribution in [0.1, 0.15) is 30.2 Å². The molecule has 0 unspecified atom stereocenters. The average Bonchev–Trinajstić information content (AvgIpc) is 3.16. The maximum Gasteiger partial charge on any atom is 0.191 e. The first-order valence-corrected chi connectivity index (χ1v) is 8.98. The molecule has 142 valence electrons. The second kappa shape index (κ2) is 11.2. The third-order valence-electron chi connectivity index (χ3n) is 3.81. The van der Waals surface area contributed by atoms with Gasteiger partial charge in [-0.15, -0.1) is 0 Å². The Bertz CT molecular complexity index is 669. The van der Waals surface area contributed by atoms with Gasteiger partial charge in [0.05, 0.1) is 19.9 Å². The summed E-state index contributed by atoms with van der Waals surface area (Å²) in [5.41, 5.74) is 2.27. The van der Waals surface area contributed by atoms with Gasteiger partial charge in [-0.3, -0.25) is 0 Å². The molecule has 0 fully saturated rings. The lowest BCUT2D eigenvalue weighted by atomic mass is 10.1. The third-order valence-corrected chi connectivity index (χ3v) is 3.81. The van der Waals surface area contributed by atoms with E-state index in [1.807, 2.05) is 31.2 Å². The molecule has 6 heteroatoms. The van der Waals surface area contributed by atoms with Crippen LogP contribution in [0.3, 0.4) is 0 Å². The number of nitrogens with zero attached hydrogens (tertiary/aromatic N) is 1. The lowest BCUT2D eigenvalue weighted by Gasteiger charge is -2.12. The van der Waals surface area contributed by atoms with Crippen LogP contribution in [0.5, 0.6) is 5.75 Å². The summed E-state index contributed by atoms with van der Waals surface area (Å²) in [5, 5.41) is 6.59. The highest BCUT2D eigenvalue weighted by Gasteiger charge is 2.01. The zero-order valence-electron chi connectivity index (χ0n) is 15.9. The van der Waals surface area contributed by atoms with Crippen molar-refractivity contribution >= 4 is 5.96 Å². The summed E-state index contributed by atoms with van der Waals surface area (Å²) in [4.78, 5) is 4.64. The number of methoxy groups -OCH3 is 1. The summed E-state index contributed by atoms with van der Waals surface area (Å²) >= 11 is 0. The summed E-state index contributed by atoms with van der Waals surface area (Å²) in [6.45, 7) is 7.52. The quantitative estimate of drug-likeness (QED) is 0.387. The van der Waals surface area contributed by atoms with Crippen molar-refractivity contribution in [1.29, 1.82) is 0 Å². The SMILES string of the molecule is CCNC(=NCc1ccc(OC)c(C)c1)NCCCOCc1ccco1. The van der Waals surface area contributed by atoms with Crippen LogP contribution >= 0.6 is 0 Å². The van der Waals surface area contributed by atoms with Crippen LogP contribution in [0.2, 0.25) is 0 Å². The van der Waals surface area contributed by atoms with Crippen LogP contribution in [0.4, 0.5) is 0 Å². The molecule has 0 saturated carbocycles. The van der Waals surface area contributed by atoms with Crippen LogP contribution in [0.15, 0.2) is 46.0 Å². The molecule has 2 rings (SSSR count). The average molecular weight is 359 g/mol. The smallest absolute Gasteiger partial charge is 0.191 e. The Morgan fingerprint density at radius 2 is 2.12 bits per heavy atom. The Labute approximate surface area is 155 Å². The number of nitrogens with one attached hydrogen (secondary N) is 2. The molecule has 0 atom stereocenters. The fourth-order valence-electron chi connectivity index (χ4n) is 2.50. The van der Waals surface area contributed by atoms with Crippen molar-refractivity contribution < 1.29 is 13.9 Å². The van der Waals surface area contributed by atoms with Crippen LogP contribution < -0.4 is 15.4 Å². The molecule has 0 bridgehead atoms. The van der Waals surface area contributed by atoms with Gasteiger partial charge in [0.2, 0.25) is 0 Å². The van der Waals surface area contributed by atoms with Crippen LogP contribution in [-0.4, -0.2) is 32.8 Å². The van der Waals surface area contributed by atoms with Crippen molar-refractivity contribution in [3.8, 4) is 5.75 Å². The molecule has 1 heterocycles. The Morgan fingerprint density at radius 3 is 2.81 bits per heavy atom. The largest absolute Gasteiger partial charge is 0.496 e. The minimum atomic E-state index is 0.512. The van der Waals surface area contributed by atoms with E-state index in [1.165, 1.54) is 0 Å². The fourth-order valence-corrected chi connectivity index (χ4v) is 2.50. The number of ether oxygens (including phenoxy) is 2. The number of aliphatic imine (C=N–C) groups is 1. The van der Waals surface area contributed by atoms with Gasteiger partial charge in [0.1, 0.15) is 18.1 Å². The van der Waals surface area contributed by atoms with Crippen molar-refractivity contribution in [2.24, 2.45) is 4.99 Å². The summed E-state index contributed by atoms with van der Waals surface area (Å²) in [6, 6.07) is 9.91. The molecular weight excluding hydrogens is 330 g/mol. The Morgan fingerprint density at radius 1 is 1.23 bits per heavy atom. The standard InChI is InChI=1S/C20H29N3O3/c1-4-21-20(22-10-6-11-25-15-18-7-5-12-26-18)23-14-17-8-9-19(24-3)16(2)13-17/h5,7-9,12-13H,4,6,10-11,14-15H2,1-3H3,(H2,21,22,23). The van der Waals surface area contributed by atoms with E-state index in [1.54, 1.807) is 13.4 Å². The van der Waals surface area contributed by atoms with Gasteiger partial charge < -0.3 is 24.5 Å². The zero-order chi connectivity index (χ0) is 18.6. The van der Waals surface area contributed by atoms with Gasteiger partial charge in [-0.1, -0.05) is 12.1 Å². The molecule has 0 radical (unpaired) electrons. The van der Waals surface area contributed by atoms with E-state index in [9.17, 15) is 0 Å². The highest BCUT2D eigenvalue weighted by Crippen LogP contribution is 2.18. The molecule has 0 saturated heterocycles. The first-order valence-electron chi connectivity index (χ1n) is 8.98. The molecule has 0 aliphatic carbocycles. The number of hydrogen-bond donors (Lipinski definition) is 2. The normalized spacial score (nSPS) is 11.4. The predicted molar refractivity (Wildman–Crippen MR) is 104 cm³/mol. The van der Waals surface area contributed by atoms with E-state index < -0.39 is 0 Å². The molecule has 1 aromatic heterocycles. The first kappa shape index (κ1) is 19.8. The van der Waals surface area contributed by atoms with E-state index in [4.69, 9.17) is 13.9 Å². The van der Waals surface area contributed by atoms with E-state index >= 15 is 0 Å². The fraction of sp³-hybridized carbons (Fsp3) is 0.450. The van der Waals surface area contributed by atoms with E-state index in [-0.39, 0.29) is 0 Å². The number of rotatable bonds is 10. The molecular formula is C20H29N3O3. The molecule has 26 heavy (non-hydrogen) atoms. The highest BCUT2D eigenvalue weighted by atomic mass is 16.5. The van der Waals surface area contributed by atoms with Gasteiger partial charge in [-0.2, -0.15) is 0 Å². The van der Waals surface area contributed by atoms with E-state index in [0.29, 0.717) is 19.8 Å². The van der Waals surface area contributed by atoms with Crippen LogP contribution in [0, 0.1) is 6.92 Å². The molecule has 0 aliphatic rings. The second-order valence-corrected chi connectivity index (χ2v) is 5.91. The minimum absolute atomic E-state index is 0.512. The van der Waals surface area contributed by atoms with Crippen molar-refractivity contribution in [3.63, 3.8) is 0 Å². The second-order valence-electron chi connectivity index (χ2n) is 5.91. The molecule has 2 aromatic rings. The Balaban J connectivity index is 1.72. The van der Waals surface area contributed by atoms with Crippen molar-refractivity contribution in [3.05, 3.63) is 53.5 Å². The number of aryl methyl sites for hydroxylation is 1. The van der Waals surface area contributed by atoms with Crippen molar-refractivity contribution in [2.45, 2.75) is 33.4 Å². The first-order chi connectivity index (χ1) is 12.7. The maximum atomic E-state index is 5.58. The molecule has 0 aliphatic heterocycles. The Hall–Kier alpha value is -2.47. The van der Waals surface area contributed by atoms with E-state index in [2.05, 4.69) is 28.6 Å². The van der Waals surface area contributed by atoms with Crippen molar-refractivity contribution in [2.75, 3.05) is 26.8 Å². The molecule has 6 nitrogen and oxygen atoms in total. The predicted octanol–water partition coefficient (Wildman–Crippen LogP) is 3.26.